The van der Waals surface area contributed by atoms with E-state index in [1.165, 1.54) is 32.0 Å². The number of hydrogen-bond acceptors (Lipinski definition) is 7. The average molecular weight is 1150 g/mol. The van der Waals surface area contributed by atoms with Gasteiger partial charge >= 0.3 is 47.9 Å². The minimum absolute atomic E-state index is 0.0170. The topological polar surface area (TPSA) is 175 Å². The van der Waals surface area contributed by atoms with Crippen LogP contribution in [0.4, 0.5) is 102 Å². The Bertz CT molecular complexity index is 2790. The van der Waals surface area contributed by atoms with E-state index in [9.17, 15) is 98.7 Å². The highest BCUT2D eigenvalue weighted by molar-refractivity contribution is 9.11. The third kappa shape index (κ3) is 10.7. The number of nitriles is 2. The van der Waals surface area contributed by atoms with Crippen molar-refractivity contribution in [1.29, 1.82) is 10.5 Å². The predicted molar refractivity (Wildman–Crippen MR) is 216 cm³/mol. The summed E-state index contributed by atoms with van der Waals surface area (Å²) in [5.41, 5.74) is -14.0. The lowest BCUT2D eigenvalue weighted by Crippen LogP contribution is -2.59. The lowest BCUT2D eigenvalue weighted by atomic mass is 9.86. The molecule has 0 heterocycles. The van der Waals surface area contributed by atoms with Crippen LogP contribution in [0.1, 0.15) is 67.9 Å². The standard InChI is InChI=1S/C20H11BrF9N3O3.C20H13BrF9N3O/c1-2-9-5-12(17(22,19(25,26)27)18(23,24)20(28,29)30)7-13(21)15(9)32-16(34)10-3-4-11(8-31)14(6-10)33(35)36;1-2-9-5-12(17(22,19(25,26)27)18(23,24)20(28,29)30)7-13(21)15(9)33-16(34)10-3-4-11(8-31)14(32)6-10/h3-7H,2H2,1H3,(H,32,34);3-7H,2,32H2,1H3,(H,33,34). The monoisotopic (exact) mass is 1150 g/mol. The van der Waals surface area contributed by atoms with Crippen LogP contribution in [0.2, 0.25) is 0 Å². The number of nitrogens with two attached hydrogens (primary N) is 1. The van der Waals surface area contributed by atoms with Gasteiger partial charge in [-0.05, 0) is 110 Å². The molecule has 2 amide bonds. The molecule has 4 rings (SSSR count). The largest absolute Gasteiger partial charge is 0.457 e. The van der Waals surface area contributed by atoms with Crippen molar-refractivity contribution in [2.75, 3.05) is 16.4 Å². The van der Waals surface area contributed by atoms with E-state index >= 15 is 0 Å². The van der Waals surface area contributed by atoms with Crippen LogP contribution in [-0.2, 0) is 24.2 Å². The van der Waals surface area contributed by atoms with Gasteiger partial charge in [0.1, 0.15) is 17.7 Å². The number of anilines is 3. The summed E-state index contributed by atoms with van der Waals surface area (Å²) in [4.78, 5) is 35.2. The summed E-state index contributed by atoms with van der Waals surface area (Å²) in [5.74, 6) is -15.7. The number of rotatable bonds is 11. The average Bonchev–Trinajstić information content (AvgIpc) is 3.24. The second kappa shape index (κ2) is 20.2. The van der Waals surface area contributed by atoms with Crippen molar-refractivity contribution < 1.29 is 93.5 Å². The van der Waals surface area contributed by atoms with E-state index in [4.69, 9.17) is 16.3 Å². The SMILES string of the molecule is CCc1cc(C(F)(C(F)(F)F)C(F)(F)C(F)(F)F)cc(Br)c1NC(=O)c1ccc(C#N)c(N)c1.CCc1cc(C(F)(C(F)(F)F)C(F)(F)C(F)(F)F)cc(Br)c1NC(=O)c1ccc(C#N)c([N+](=O)[O-])c1. The summed E-state index contributed by atoms with van der Waals surface area (Å²) in [6.07, 6.45) is -27.8. The maximum Gasteiger partial charge on any atom is 0.457 e. The molecule has 0 spiro atoms. The second-order valence-electron chi connectivity index (χ2n) is 14.1. The Labute approximate surface area is 396 Å². The maximum absolute atomic E-state index is 14.9. The number of nitrogens with zero attached hydrogens (tertiary/aromatic N) is 3. The van der Waals surface area contributed by atoms with E-state index in [0.717, 1.165) is 18.2 Å². The van der Waals surface area contributed by atoms with Gasteiger partial charge in [-0.2, -0.15) is 80.8 Å². The molecule has 70 heavy (non-hydrogen) atoms. The number of aryl methyl sites for hydroxylation is 2. The zero-order chi connectivity index (χ0) is 54.1. The molecule has 0 saturated carbocycles. The Morgan fingerprint density at radius 3 is 1.21 bits per heavy atom. The van der Waals surface area contributed by atoms with Crippen LogP contribution in [-0.4, -0.2) is 53.3 Å². The van der Waals surface area contributed by atoms with E-state index in [0.29, 0.717) is 6.07 Å². The van der Waals surface area contributed by atoms with Crippen LogP contribution in [0.15, 0.2) is 69.6 Å². The molecule has 30 heteroatoms. The van der Waals surface area contributed by atoms with Gasteiger partial charge in [0.2, 0.25) is 0 Å². The number of nitrogen functional groups attached to an aromatic ring is 1. The van der Waals surface area contributed by atoms with Gasteiger partial charge in [0.25, 0.3) is 17.5 Å². The summed E-state index contributed by atoms with van der Waals surface area (Å²) in [6, 6.07) is 9.84. The Hall–Kier alpha value is -6.30. The molecule has 10 nitrogen and oxygen atoms in total. The van der Waals surface area contributed by atoms with Crippen molar-refractivity contribution in [3.8, 4) is 12.1 Å². The number of nitrogens with one attached hydrogen (secondary N) is 2. The summed E-state index contributed by atoms with van der Waals surface area (Å²) in [7, 11) is 0. The molecule has 378 valence electrons. The molecule has 4 aromatic rings. The summed E-state index contributed by atoms with van der Waals surface area (Å²) in [5, 5.41) is 33.2. The van der Waals surface area contributed by atoms with Crippen LogP contribution in [0, 0.1) is 32.8 Å². The predicted octanol–water partition coefficient (Wildman–Crippen LogP) is 13.6. The van der Waals surface area contributed by atoms with Gasteiger partial charge in [-0.15, -0.1) is 0 Å². The van der Waals surface area contributed by atoms with Gasteiger partial charge in [0.15, 0.2) is 0 Å². The van der Waals surface area contributed by atoms with Crippen molar-refractivity contribution >= 4 is 66.4 Å². The number of nitro groups is 1. The molecule has 0 aliphatic carbocycles. The van der Waals surface area contributed by atoms with Crippen LogP contribution >= 0.6 is 31.9 Å². The van der Waals surface area contributed by atoms with E-state index in [1.54, 1.807) is 6.07 Å². The third-order valence-corrected chi connectivity index (χ3v) is 11.0. The fraction of sp³-hybridized carbons (Fsp3) is 0.300. The first kappa shape index (κ1) is 58.0. The second-order valence-corrected chi connectivity index (χ2v) is 15.8. The van der Waals surface area contributed by atoms with Crippen molar-refractivity contribution in [2.24, 2.45) is 0 Å². The van der Waals surface area contributed by atoms with Gasteiger partial charge in [-0.25, -0.2) is 8.78 Å². The molecule has 0 aromatic heterocycles. The molecule has 2 atom stereocenters. The molecule has 0 aliphatic rings. The molecule has 0 radical (unpaired) electrons. The lowest BCUT2D eigenvalue weighted by molar-refractivity contribution is -0.389. The first-order chi connectivity index (χ1) is 31.7. The Kier molecular flexibility index (Phi) is 16.7. The minimum Gasteiger partial charge on any atom is -0.398 e. The molecule has 4 aromatic carbocycles. The van der Waals surface area contributed by atoms with E-state index < -0.39 is 113 Å². The van der Waals surface area contributed by atoms with Crippen molar-refractivity contribution in [3.63, 3.8) is 0 Å². The van der Waals surface area contributed by atoms with E-state index in [2.05, 4.69) is 42.5 Å². The number of hydrogen-bond donors (Lipinski definition) is 3. The summed E-state index contributed by atoms with van der Waals surface area (Å²) < 4.78 is 241. The number of carbonyl (C=O) groups excluding carboxylic acids is 2. The van der Waals surface area contributed by atoms with Crippen LogP contribution in [0.25, 0.3) is 0 Å². The van der Waals surface area contributed by atoms with Gasteiger partial charge in [-0.3, -0.25) is 19.7 Å². The highest BCUT2D eigenvalue weighted by Crippen LogP contribution is 2.60. The first-order valence-electron chi connectivity index (χ1n) is 18.4. The molecular formula is C40H24Br2F18N6O4. The Morgan fingerprint density at radius 2 is 0.929 bits per heavy atom. The number of nitro benzene ring substituents is 1. The highest BCUT2D eigenvalue weighted by Gasteiger charge is 2.83. The number of benzene rings is 4. The lowest BCUT2D eigenvalue weighted by Gasteiger charge is -2.36. The normalized spacial score (nSPS) is 14.2. The van der Waals surface area contributed by atoms with Crippen LogP contribution in [0.3, 0.4) is 0 Å². The Morgan fingerprint density at radius 1 is 0.586 bits per heavy atom. The molecule has 4 N–H and O–H groups in total. The van der Waals surface area contributed by atoms with Gasteiger partial charge in [0, 0.05) is 37.3 Å². The van der Waals surface area contributed by atoms with Crippen LogP contribution in [0.5, 0.6) is 0 Å². The highest BCUT2D eigenvalue weighted by atomic mass is 79.9. The summed E-state index contributed by atoms with van der Waals surface area (Å²) in [6.45, 7) is 2.51. The van der Waals surface area contributed by atoms with Gasteiger partial charge in [-0.1, -0.05) is 13.8 Å². The zero-order valence-electron chi connectivity index (χ0n) is 34.3. The fourth-order valence-electron chi connectivity index (χ4n) is 6.09. The smallest absolute Gasteiger partial charge is 0.398 e. The third-order valence-electron chi connectivity index (χ3n) is 9.75. The maximum atomic E-state index is 14.9. The molecular weight excluding hydrogens is 1130 g/mol. The van der Waals surface area contributed by atoms with E-state index in [-0.39, 0.29) is 65.2 Å². The first-order valence-corrected chi connectivity index (χ1v) is 20.0. The molecule has 0 bridgehead atoms. The zero-order valence-corrected chi connectivity index (χ0v) is 37.5. The van der Waals surface area contributed by atoms with Crippen LogP contribution < -0.4 is 16.4 Å². The number of alkyl halides is 18. The van der Waals surface area contributed by atoms with Gasteiger partial charge in [0.05, 0.1) is 27.5 Å². The number of halogens is 20. The quantitative estimate of drug-likeness (QED) is 0.0580. The van der Waals surface area contributed by atoms with Crippen molar-refractivity contribution in [1.82, 2.24) is 0 Å². The van der Waals surface area contributed by atoms with Crippen molar-refractivity contribution in [3.05, 3.63) is 124 Å². The number of amides is 2. The van der Waals surface area contributed by atoms with E-state index in [1.807, 2.05) is 0 Å². The molecule has 0 fully saturated rings. The van der Waals surface area contributed by atoms with Gasteiger partial charge < -0.3 is 16.4 Å². The molecule has 0 saturated heterocycles. The Balaban J connectivity index is 0.000000371. The number of carbonyl (C=O) groups is 2. The molecule has 0 aliphatic heterocycles. The molecule has 2 unspecified atom stereocenters. The minimum atomic E-state index is -6.91. The fourth-order valence-corrected chi connectivity index (χ4v) is 7.30. The summed E-state index contributed by atoms with van der Waals surface area (Å²) >= 11 is 5.36. The van der Waals surface area contributed by atoms with Crippen molar-refractivity contribution in [2.45, 2.75) is 74.6 Å².